The summed E-state index contributed by atoms with van der Waals surface area (Å²) in [5.74, 6) is 0.852. The number of nitrogens with one attached hydrogen (secondary N) is 1. The van der Waals surface area contributed by atoms with Crippen molar-refractivity contribution in [3.8, 4) is 5.75 Å². The van der Waals surface area contributed by atoms with Gasteiger partial charge >= 0.3 is 0 Å². The fraction of sp³-hybridized carbons (Fsp3) is 0.333. The minimum absolute atomic E-state index is 0.374. The average molecular weight is 189 g/mol. The van der Waals surface area contributed by atoms with Gasteiger partial charge in [-0.3, -0.25) is 0 Å². The summed E-state index contributed by atoms with van der Waals surface area (Å²) in [6, 6.07) is 3.83. The Morgan fingerprint density at radius 2 is 2.00 bits per heavy atom. The van der Waals surface area contributed by atoms with Crippen molar-refractivity contribution in [3.05, 3.63) is 29.5 Å². The molecule has 0 fully saturated rings. The predicted octanol–water partition coefficient (Wildman–Crippen LogP) is 3.31. The van der Waals surface area contributed by atoms with Crippen LogP contribution in [-0.2, 0) is 0 Å². The molecule has 2 N–H and O–H groups in total. The third-order valence-corrected chi connectivity index (χ3v) is 2.65. The molecule has 0 amide bonds. The molecule has 1 aromatic heterocycles. The number of benzene rings is 1. The highest BCUT2D eigenvalue weighted by atomic mass is 16.3. The molecule has 0 saturated heterocycles. The lowest BCUT2D eigenvalue weighted by molar-refractivity contribution is 0.472. The lowest BCUT2D eigenvalue weighted by Gasteiger charge is -2.03. The van der Waals surface area contributed by atoms with Crippen molar-refractivity contribution in [1.82, 2.24) is 4.98 Å². The number of phenolic OH excluding ortho intramolecular Hbond substituents is 1. The molecule has 0 saturated carbocycles. The molecule has 0 aliphatic rings. The van der Waals surface area contributed by atoms with E-state index in [1.165, 1.54) is 5.56 Å². The number of aromatic hydroxyl groups is 1. The number of phenols is 1. The Kier molecular flexibility index (Phi) is 1.99. The van der Waals surface area contributed by atoms with E-state index in [-0.39, 0.29) is 0 Å². The summed E-state index contributed by atoms with van der Waals surface area (Å²) in [7, 11) is 0. The summed E-state index contributed by atoms with van der Waals surface area (Å²) in [6.45, 7) is 6.21. The smallest absolute Gasteiger partial charge is 0.119 e. The minimum atomic E-state index is 0.374. The Morgan fingerprint density at radius 1 is 1.29 bits per heavy atom. The molecule has 2 heteroatoms. The van der Waals surface area contributed by atoms with Gasteiger partial charge in [-0.25, -0.2) is 0 Å². The van der Waals surface area contributed by atoms with Crippen LogP contribution in [0.25, 0.3) is 10.9 Å². The zero-order valence-electron chi connectivity index (χ0n) is 8.76. The van der Waals surface area contributed by atoms with Crippen LogP contribution < -0.4 is 0 Å². The molecule has 0 aliphatic carbocycles. The van der Waals surface area contributed by atoms with Crippen LogP contribution in [0, 0.1) is 6.92 Å². The van der Waals surface area contributed by atoms with Crippen molar-refractivity contribution in [2.75, 3.05) is 0 Å². The zero-order chi connectivity index (χ0) is 10.3. The second-order valence-corrected chi connectivity index (χ2v) is 4.08. The Balaban J connectivity index is 2.74. The van der Waals surface area contributed by atoms with E-state index in [4.69, 9.17) is 0 Å². The number of hydrogen-bond donors (Lipinski definition) is 2. The first-order chi connectivity index (χ1) is 6.59. The third-order valence-electron chi connectivity index (χ3n) is 2.65. The van der Waals surface area contributed by atoms with Gasteiger partial charge < -0.3 is 10.1 Å². The topological polar surface area (TPSA) is 36.0 Å². The van der Waals surface area contributed by atoms with Gasteiger partial charge in [0, 0.05) is 17.1 Å². The highest BCUT2D eigenvalue weighted by Gasteiger charge is 2.08. The maximum absolute atomic E-state index is 9.63. The van der Waals surface area contributed by atoms with Crippen molar-refractivity contribution in [1.29, 1.82) is 0 Å². The lowest BCUT2D eigenvalue weighted by Crippen LogP contribution is -1.84. The molecule has 74 valence electrons. The van der Waals surface area contributed by atoms with Crippen molar-refractivity contribution < 1.29 is 5.11 Å². The number of aromatic amines is 1. The molecule has 0 spiro atoms. The van der Waals surface area contributed by atoms with E-state index in [9.17, 15) is 5.11 Å². The van der Waals surface area contributed by atoms with Gasteiger partial charge in [0.2, 0.25) is 0 Å². The predicted molar refractivity (Wildman–Crippen MR) is 58.8 cm³/mol. The van der Waals surface area contributed by atoms with E-state index in [0.29, 0.717) is 11.7 Å². The Bertz CT molecular complexity index is 468. The van der Waals surface area contributed by atoms with E-state index in [1.54, 1.807) is 0 Å². The number of aryl methyl sites for hydroxylation is 1. The molecule has 1 heterocycles. The monoisotopic (exact) mass is 189 g/mol. The summed E-state index contributed by atoms with van der Waals surface area (Å²) in [6.07, 6.45) is 2.02. The fourth-order valence-electron chi connectivity index (χ4n) is 1.77. The first-order valence-electron chi connectivity index (χ1n) is 4.90. The first kappa shape index (κ1) is 9.13. The molecule has 0 radical (unpaired) electrons. The lowest BCUT2D eigenvalue weighted by atomic mass is 10.0. The van der Waals surface area contributed by atoms with E-state index in [2.05, 4.69) is 18.8 Å². The average Bonchev–Trinajstić information content (AvgIpc) is 2.48. The van der Waals surface area contributed by atoms with Crippen LogP contribution in [0.3, 0.4) is 0 Å². The Labute approximate surface area is 83.6 Å². The van der Waals surface area contributed by atoms with Gasteiger partial charge in [0.05, 0.1) is 0 Å². The van der Waals surface area contributed by atoms with E-state index in [1.807, 2.05) is 25.3 Å². The van der Waals surface area contributed by atoms with Crippen molar-refractivity contribution in [2.24, 2.45) is 0 Å². The van der Waals surface area contributed by atoms with Gasteiger partial charge in [0.1, 0.15) is 5.75 Å². The maximum Gasteiger partial charge on any atom is 0.119 e. The number of rotatable bonds is 1. The molecule has 2 nitrogen and oxygen atoms in total. The zero-order valence-corrected chi connectivity index (χ0v) is 8.76. The van der Waals surface area contributed by atoms with E-state index >= 15 is 0 Å². The van der Waals surface area contributed by atoms with Crippen LogP contribution in [0.2, 0.25) is 0 Å². The van der Waals surface area contributed by atoms with E-state index < -0.39 is 0 Å². The molecule has 0 unspecified atom stereocenters. The molecule has 14 heavy (non-hydrogen) atoms. The quantitative estimate of drug-likeness (QED) is 0.709. The van der Waals surface area contributed by atoms with Crippen LogP contribution in [0.1, 0.15) is 30.9 Å². The van der Waals surface area contributed by atoms with Crippen LogP contribution in [-0.4, -0.2) is 10.1 Å². The van der Waals surface area contributed by atoms with Gasteiger partial charge in [-0.15, -0.1) is 0 Å². The van der Waals surface area contributed by atoms with Crippen LogP contribution in [0.5, 0.6) is 5.75 Å². The summed E-state index contributed by atoms with van der Waals surface area (Å²) in [5, 5.41) is 10.8. The van der Waals surface area contributed by atoms with Crippen molar-refractivity contribution >= 4 is 10.9 Å². The fourth-order valence-corrected chi connectivity index (χ4v) is 1.77. The summed E-state index contributed by atoms with van der Waals surface area (Å²) in [5.41, 5.74) is 3.27. The second-order valence-electron chi connectivity index (χ2n) is 4.08. The summed E-state index contributed by atoms with van der Waals surface area (Å²) in [4.78, 5) is 3.23. The standard InChI is InChI=1S/C12H15NO/c1-7(2)10-6-13-11-4-8(3)12(14)5-9(10)11/h4-7,13-14H,1-3H3. The number of H-pyrrole nitrogens is 1. The summed E-state index contributed by atoms with van der Waals surface area (Å²) < 4.78 is 0. The molecule has 2 rings (SSSR count). The van der Waals surface area contributed by atoms with E-state index in [0.717, 1.165) is 16.5 Å². The molecule has 2 aromatic rings. The molecule has 0 aliphatic heterocycles. The maximum atomic E-state index is 9.63. The molecular weight excluding hydrogens is 174 g/mol. The number of fused-ring (bicyclic) bond motifs is 1. The second kappa shape index (κ2) is 3.05. The highest BCUT2D eigenvalue weighted by Crippen LogP contribution is 2.30. The molecule has 0 atom stereocenters. The Hall–Kier alpha value is -1.44. The normalized spacial score (nSPS) is 11.4. The van der Waals surface area contributed by atoms with Gasteiger partial charge in [-0.1, -0.05) is 13.8 Å². The SMILES string of the molecule is Cc1cc2[nH]cc(C(C)C)c2cc1O. The Morgan fingerprint density at radius 3 is 2.64 bits per heavy atom. The van der Waals surface area contributed by atoms with Gasteiger partial charge in [0.25, 0.3) is 0 Å². The summed E-state index contributed by atoms with van der Waals surface area (Å²) >= 11 is 0. The van der Waals surface area contributed by atoms with Gasteiger partial charge in [-0.05, 0) is 36.1 Å². The van der Waals surface area contributed by atoms with Crippen LogP contribution in [0.4, 0.5) is 0 Å². The van der Waals surface area contributed by atoms with Crippen LogP contribution in [0.15, 0.2) is 18.3 Å². The van der Waals surface area contributed by atoms with Gasteiger partial charge in [-0.2, -0.15) is 0 Å². The van der Waals surface area contributed by atoms with Gasteiger partial charge in [0.15, 0.2) is 0 Å². The third kappa shape index (κ3) is 1.27. The number of aromatic nitrogens is 1. The molecular formula is C12H15NO. The molecule has 0 bridgehead atoms. The van der Waals surface area contributed by atoms with Crippen molar-refractivity contribution in [3.63, 3.8) is 0 Å². The van der Waals surface area contributed by atoms with Crippen LogP contribution >= 0.6 is 0 Å². The minimum Gasteiger partial charge on any atom is -0.508 e. The number of hydrogen-bond acceptors (Lipinski definition) is 1. The largest absolute Gasteiger partial charge is 0.508 e. The first-order valence-corrected chi connectivity index (χ1v) is 4.90. The van der Waals surface area contributed by atoms with Crippen molar-refractivity contribution in [2.45, 2.75) is 26.7 Å². The highest BCUT2D eigenvalue weighted by molar-refractivity contribution is 5.86. The molecule has 1 aromatic carbocycles.